The highest BCUT2D eigenvalue weighted by Crippen LogP contribution is 2.37. The molecule has 6 nitrogen and oxygen atoms in total. The van der Waals surface area contributed by atoms with Gasteiger partial charge in [-0.05, 0) is 28.4 Å². The predicted octanol–water partition coefficient (Wildman–Crippen LogP) is 3.66. The monoisotopic (exact) mass is 504 g/mol. The second kappa shape index (κ2) is 11.4. The van der Waals surface area contributed by atoms with Gasteiger partial charge in [0.25, 0.3) is 18.4 Å². The van der Waals surface area contributed by atoms with Crippen LogP contribution in [0.5, 0.6) is 0 Å². The number of carbonyl (C=O) groups is 1. The number of hydrogen-bond acceptors (Lipinski definition) is 6. The van der Waals surface area contributed by atoms with E-state index in [1.165, 1.54) is 13.2 Å². The lowest BCUT2D eigenvalue weighted by Gasteiger charge is -2.43. The van der Waals surface area contributed by atoms with Gasteiger partial charge in [0.15, 0.2) is 0 Å². The lowest BCUT2D eigenvalue weighted by atomic mass is 10.0. The summed E-state index contributed by atoms with van der Waals surface area (Å²) in [5.41, 5.74) is 0.272. The van der Waals surface area contributed by atoms with Crippen molar-refractivity contribution in [2.24, 2.45) is 5.92 Å². The third-order valence-corrected chi connectivity index (χ3v) is 11.3. The van der Waals surface area contributed by atoms with Gasteiger partial charge in [-0.2, -0.15) is 8.42 Å². The Labute approximate surface area is 205 Å². The molecule has 34 heavy (non-hydrogen) atoms. The zero-order valence-electron chi connectivity index (χ0n) is 21.1. The van der Waals surface area contributed by atoms with E-state index in [0.717, 1.165) is 16.6 Å². The molecule has 2 atom stereocenters. The van der Waals surface area contributed by atoms with Crippen molar-refractivity contribution in [3.05, 3.63) is 72.3 Å². The molecule has 2 aromatic carbocycles. The summed E-state index contributed by atoms with van der Waals surface area (Å²) in [6.07, 6.45) is 1.61. The minimum absolute atomic E-state index is 0.222. The molecule has 0 aliphatic rings. The molecule has 0 saturated carbocycles. The molecule has 0 heterocycles. The molecule has 0 fully saturated rings. The zero-order valence-corrected chi connectivity index (χ0v) is 22.9. The first-order chi connectivity index (χ1) is 15.8. The van der Waals surface area contributed by atoms with Crippen molar-refractivity contribution >= 4 is 34.8 Å². The fourth-order valence-electron chi connectivity index (χ4n) is 4.08. The lowest BCUT2D eigenvalue weighted by Crippen LogP contribution is -2.67. The molecule has 0 unspecified atom stereocenters. The van der Waals surface area contributed by atoms with E-state index < -0.39 is 30.5 Å². The number of hydrogen-bond donors (Lipinski definition) is 0. The number of ether oxygens (including phenoxy) is 1. The van der Waals surface area contributed by atoms with Gasteiger partial charge in [-0.15, -0.1) is 0 Å². The van der Waals surface area contributed by atoms with E-state index in [9.17, 15) is 13.2 Å². The van der Waals surface area contributed by atoms with E-state index in [1.807, 2.05) is 43.3 Å². The van der Waals surface area contributed by atoms with Crippen molar-refractivity contribution in [2.45, 2.75) is 45.8 Å². The molecule has 8 heteroatoms. The molecule has 2 rings (SSSR count). The summed E-state index contributed by atoms with van der Waals surface area (Å²) in [5, 5.41) is 2.03. The third-order valence-electron chi connectivity index (χ3n) is 5.75. The van der Waals surface area contributed by atoms with Gasteiger partial charge in [0.1, 0.15) is 6.10 Å². The van der Waals surface area contributed by atoms with Crippen LogP contribution < -0.4 is 10.4 Å². The molecule has 0 aromatic heterocycles. The first-order valence-corrected chi connectivity index (χ1v) is 14.9. The van der Waals surface area contributed by atoms with E-state index in [1.54, 1.807) is 6.92 Å². The molecule has 186 valence electrons. The first kappa shape index (κ1) is 28.0. The van der Waals surface area contributed by atoms with Gasteiger partial charge in [-0.25, -0.2) is 4.79 Å². The second-order valence-corrected chi connectivity index (χ2v) is 15.5. The molecule has 0 bridgehead atoms. The van der Waals surface area contributed by atoms with Gasteiger partial charge in [0.05, 0.1) is 13.4 Å². The smallest absolute Gasteiger partial charge is 0.333 e. The van der Waals surface area contributed by atoms with Crippen LogP contribution in [0.15, 0.2) is 72.3 Å². The van der Waals surface area contributed by atoms with Crippen LogP contribution in [0.2, 0.25) is 5.04 Å². The topological polar surface area (TPSA) is 78.9 Å². The van der Waals surface area contributed by atoms with Crippen LogP contribution in [0.1, 0.15) is 34.6 Å². The maximum Gasteiger partial charge on any atom is 0.333 e. The Kier molecular flexibility index (Phi) is 9.42. The van der Waals surface area contributed by atoms with Crippen molar-refractivity contribution in [3.63, 3.8) is 0 Å². The van der Waals surface area contributed by atoms with Crippen LogP contribution in [-0.2, 0) is 28.3 Å². The van der Waals surface area contributed by atoms with Crippen LogP contribution in [0, 0.1) is 5.92 Å². The summed E-state index contributed by atoms with van der Waals surface area (Å²) >= 11 is 0. The number of benzene rings is 2. The Morgan fingerprint density at radius 1 is 1.00 bits per heavy atom. The maximum absolute atomic E-state index is 12.0. The number of esters is 1. The van der Waals surface area contributed by atoms with Gasteiger partial charge in [-0.1, -0.05) is 88.4 Å². The lowest BCUT2D eigenvalue weighted by molar-refractivity contribution is -0.136. The predicted molar refractivity (Wildman–Crippen MR) is 138 cm³/mol. The van der Waals surface area contributed by atoms with Gasteiger partial charge in [0, 0.05) is 18.1 Å². The summed E-state index contributed by atoms with van der Waals surface area (Å²) in [6.45, 7) is 10.2. The summed E-state index contributed by atoms with van der Waals surface area (Å²) in [4.78, 5) is 11.9. The van der Waals surface area contributed by atoms with E-state index in [0.29, 0.717) is 0 Å². The van der Waals surface area contributed by atoms with Crippen molar-refractivity contribution < 1.29 is 26.6 Å². The Bertz CT molecular complexity index is 1040. The minimum Gasteiger partial charge on any atom is -0.466 e. The SMILES string of the molecule is COC(=O)/C(C)=C/[C@H](OS(C)(=O)=O)[C@H](C)CO[Si](c1ccccc1)(c1ccccc1)C(C)(C)C. The van der Waals surface area contributed by atoms with E-state index in [2.05, 4.69) is 45.0 Å². The van der Waals surface area contributed by atoms with Gasteiger partial charge in [-0.3, -0.25) is 4.18 Å². The van der Waals surface area contributed by atoms with Crippen LogP contribution in [0.3, 0.4) is 0 Å². The fraction of sp³-hybridized carbons (Fsp3) is 0.423. The summed E-state index contributed by atoms with van der Waals surface area (Å²) in [7, 11) is -5.30. The van der Waals surface area contributed by atoms with Crippen molar-refractivity contribution in [3.8, 4) is 0 Å². The summed E-state index contributed by atoms with van der Waals surface area (Å²) < 4.78 is 41.0. The Hall–Kier alpha value is -2.26. The molecular weight excluding hydrogens is 468 g/mol. The van der Waals surface area contributed by atoms with Crippen molar-refractivity contribution in [1.82, 2.24) is 0 Å². The summed E-state index contributed by atoms with van der Waals surface area (Å²) in [6, 6.07) is 20.4. The molecule has 2 aromatic rings. The van der Waals surface area contributed by atoms with Gasteiger partial charge >= 0.3 is 5.97 Å². The third kappa shape index (κ3) is 6.88. The molecular formula is C26H36O6SSi. The molecule has 0 radical (unpaired) electrons. The number of carbonyl (C=O) groups excluding carboxylic acids is 1. The van der Waals surface area contributed by atoms with E-state index >= 15 is 0 Å². The second-order valence-electron chi connectivity index (χ2n) is 9.56. The Morgan fingerprint density at radius 2 is 1.47 bits per heavy atom. The number of methoxy groups -OCH3 is 1. The largest absolute Gasteiger partial charge is 0.466 e. The standard InChI is InChI=1S/C26H36O6SSi/c1-20(25(27)30-6)18-24(32-33(7,28)29)21(2)19-31-34(26(3,4)5,22-14-10-8-11-15-22)23-16-12-9-13-17-23/h8-18,21,24H,19H2,1-7H3/b20-18+/t21-,24+/m1/s1. The summed E-state index contributed by atoms with van der Waals surface area (Å²) in [5.74, 6) is -0.904. The molecule has 0 aliphatic carbocycles. The molecule has 0 amide bonds. The quantitative estimate of drug-likeness (QED) is 0.213. The van der Waals surface area contributed by atoms with Crippen molar-refractivity contribution in [2.75, 3.05) is 20.0 Å². The Balaban J connectivity index is 2.51. The van der Waals surface area contributed by atoms with Crippen LogP contribution in [0.4, 0.5) is 0 Å². The highest BCUT2D eigenvalue weighted by molar-refractivity contribution is 7.86. The highest BCUT2D eigenvalue weighted by atomic mass is 32.2. The van der Waals surface area contributed by atoms with Gasteiger partial charge in [0.2, 0.25) is 0 Å². The first-order valence-electron chi connectivity index (χ1n) is 11.2. The average Bonchev–Trinajstić information content (AvgIpc) is 2.78. The van der Waals surface area contributed by atoms with Crippen molar-refractivity contribution in [1.29, 1.82) is 0 Å². The van der Waals surface area contributed by atoms with Crippen LogP contribution >= 0.6 is 0 Å². The normalized spacial score (nSPS) is 15.0. The molecule has 0 saturated heterocycles. The minimum atomic E-state index is -3.77. The molecule has 0 aliphatic heterocycles. The van der Waals surface area contributed by atoms with Gasteiger partial charge < -0.3 is 9.16 Å². The highest BCUT2D eigenvalue weighted by Gasteiger charge is 2.50. The number of rotatable bonds is 10. The average molecular weight is 505 g/mol. The van der Waals surface area contributed by atoms with Crippen LogP contribution in [0.25, 0.3) is 0 Å². The van der Waals surface area contributed by atoms with Crippen LogP contribution in [-0.4, -0.2) is 48.8 Å². The Morgan fingerprint density at radius 3 is 1.85 bits per heavy atom. The fourth-order valence-corrected chi connectivity index (χ4v) is 9.39. The maximum atomic E-state index is 12.0. The molecule has 0 N–H and O–H groups in total. The zero-order chi connectivity index (χ0) is 25.6. The molecule has 0 spiro atoms. The van der Waals surface area contributed by atoms with E-state index in [4.69, 9.17) is 13.3 Å². The van der Waals surface area contributed by atoms with E-state index in [-0.39, 0.29) is 23.1 Å².